The molecule has 0 radical (unpaired) electrons. The van der Waals surface area contributed by atoms with Crippen molar-refractivity contribution in [3.05, 3.63) is 29.8 Å². The SMILES string of the molecule is CCOC(=O)Oc1ccc(C(=O)NCCNC(=O)CC(C)(C)C)cc1. The topological polar surface area (TPSA) is 93.7 Å². The molecule has 25 heavy (non-hydrogen) atoms. The number of carbonyl (C=O) groups is 3. The predicted molar refractivity (Wildman–Crippen MR) is 93.5 cm³/mol. The van der Waals surface area contributed by atoms with E-state index in [0.717, 1.165) is 0 Å². The second-order valence-electron chi connectivity index (χ2n) is 6.65. The standard InChI is InChI=1S/C18H26N2O5/c1-5-24-17(23)25-14-8-6-13(7-9-14)16(22)20-11-10-19-15(21)12-18(2,3)4/h6-9H,5,10-12H2,1-4H3,(H,19,21)(H,20,22). The number of benzene rings is 1. The van der Waals surface area contributed by atoms with Crippen LogP contribution in [0, 0.1) is 5.41 Å². The van der Waals surface area contributed by atoms with Crippen molar-refractivity contribution >= 4 is 18.0 Å². The zero-order valence-corrected chi connectivity index (χ0v) is 15.2. The van der Waals surface area contributed by atoms with Crippen molar-refractivity contribution in [2.75, 3.05) is 19.7 Å². The van der Waals surface area contributed by atoms with Crippen molar-refractivity contribution in [3.63, 3.8) is 0 Å². The van der Waals surface area contributed by atoms with Crippen molar-refractivity contribution in [3.8, 4) is 5.75 Å². The first-order valence-electron chi connectivity index (χ1n) is 8.21. The van der Waals surface area contributed by atoms with Gasteiger partial charge in [0.1, 0.15) is 5.75 Å². The molecule has 0 aliphatic carbocycles. The van der Waals surface area contributed by atoms with E-state index in [-0.39, 0.29) is 23.8 Å². The van der Waals surface area contributed by atoms with Crippen LogP contribution in [0.4, 0.5) is 4.79 Å². The van der Waals surface area contributed by atoms with Gasteiger partial charge in [0.25, 0.3) is 5.91 Å². The molecule has 0 heterocycles. The van der Waals surface area contributed by atoms with E-state index in [0.29, 0.717) is 30.8 Å². The van der Waals surface area contributed by atoms with Crippen molar-refractivity contribution in [2.45, 2.75) is 34.1 Å². The molecule has 0 spiro atoms. The smallest absolute Gasteiger partial charge is 0.434 e. The highest BCUT2D eigenvalue weighted by molar-refractivity contribution is 5.94. The summed E-state index contributed by atoms with van der Waals surface area (Å²) in [4.78, 5) is 34.9. The maximum atomic E-state index is 12.0. The monoisotopic (exact) mass is 350 g/mol. The summed E-state index contributed by atoms with van der Waals surface area (Å²) in [7, 11) is 0. The molecule has 1 aromatic rings. The zero-order chi connectivity index (χ0) is 18.9. The van der Waals surface area contributed by atoms with Gasteiger partial charge in [0.15, 0.2) is 0 Å². The first-order chi connectivity index (χ1) is 11.7. The number of nitrogens with one attached hydrogen (secondary N) is 2. The first kappa shape index (κ1) is 20.5. The Hall–Kier alpha value is -2.57. The van der Waals surface area contributed by atoms with E-state index in [4.69, 9.17) is 4.74 Å². The van der Waals surface area contributed by atoms with Crippen molar-refractivity contribution in [1.82, 2.24) is 10.6 Å². The summed E-state index contributed by atoms with van der Waals surface area (Å²) in [5.74, 6) is -0.0144. The molecule has 0 unspecified atom stereocenters. The minimum atomic E-state index is -0.786. The van der Waals surface area contributed by atoms with Crippen LogP contribution >= 0.6 is 0 Å². The number of amides is 2. The molecule has 0 aliphatic heterocycles. The fourth-order valence-electron chi connectivity index (χ4n) is 1.94. The highest BCUT2D eigenvalue weighted by atomic mass is 16.7. The number of carbonyl (C=O) groups excluding carboxylic acids is 3. The molecule has 2 N–H and O–H groups in total. The molecule has 1 aromatic carbocycles. The summed E-state index contributed by atoms with van der Waals surface area (Å²) in [5.41, 5.74) is 0.359. The van der Waals surface area contributed by atoms with E-state index in [1.165, 1.54) is 12.1 Å². The molecule has 138 valence electrons. The molecular formula is C18H26N2O5. The van der Waals surface area contributed by atoms with Gasteiger partial charge in [-0.05, 0) is 36.6 Å². The quantitative estimate of drug-likeness (QED) is 0.448. The van der Waals surface area contributed by atoms with Crippen LogP contribution in [0.5, 0.6) is 5.75 Å². The molecular weight excluding hydrogens is 324 g/mol. The van der Waals surface area contributed by atoms with Crippen LogP contribution in [-0.2, 0) is 9.53 Å². The van der Waals surface area contributed by atoms with E-state index in [2.05, 4.69) is 15.4 Å². The molecule has 0 bridgehead atoms. The summed E-state index contributed by atoms with van der Waals surface area (Å²) < 4.78 is 9.58. The Morgan fingerprint density at radius 2 is 1.60 bits per heavy atom. The second-order valence-corrected chi connectivity index (χ2v) is 6.65. The van der Waals surface area contributed by atoms with Gasteiger partial charge in [-0.2, -0.15) is 0 Å². The van der Waals surface area contributed by atoms with E-state index in [1.807, 2.05) is 20.8 Å². The zero-order valence-electron chi connectivity index (χ0n) is 15.2. The van der Waals surface area contributed by atoms with Gasteiger partial charge in [0.05, 0.1) is 6.61 Å². The van der Waals surface area contributed by atoms with Gasteiger partial charge < -0.3 is 20.1 Å². The Morgan fingerprint density at radius 3 is 2.16 bits per heavy atom. The lowest BCUT2D eigenvalue weighted by atomic mass is 9.92. The van der Waals surface area contributed by atoms with Crippen LogP contribution in [0.2, 0.25) is 0 Å². The number of ether oxygens (including phenoxy) is 2. The van der Waals surface area contributed by atoms with Crippen molar-refractivity contribution in [2.24, 2.45) is 5.41 Å². The minimum Gasteiger partial charge on any atom is -0.434 e. The Labute approximate surface area is 148 Å². The minimum absolute atomic E-state index is 0.0396. The number of rotatable bonds is 7. The lowest BCUT2D eigenvalue weighted by Crippen LogP contribution is -2.35. The summed E-state index contributed by atoms with van der Waals surface area (Å²) in [6.07, 6.45) is -0.353. The maximum Gasteiger partial charge on any atom is 0.513 e. The Morgan fingerprint density at radius 1 is 1.00 bits per heavy atom. The average Bonchev–Trinajstić information content (AvgIpc) is 2.50. The third kappa shape index (κ3) is 8.74. The molecule has 0 aliphatic rings. The molecule has 0 saturated carbocycles. The normalized spacial score (nSPS) is 10.7. The Bertz CT molecular complexity index is 590. The third-order valence-corrected chi connectivity index (χ3v) is 3.00. The summed E-state index contributed by atoms with van der Waals surface area (Å²) >= 11 is 0. The lowest BCUT2D eigenvalue weighted by molar-refractivity contribution is -0.122. The molecule has 1 rings (SSSR count). The van der Waals surface area contributed by atoms with E-state index < -0.39 is 6.16 Å². The number of hydrogen-bond donors (Lipinski definition) is 2. The maximum absolute atomic E-state index is 12.0. The molecule has 0 aromatic heterocycles. The molecule has 0 saturated heterocycles. The first-order valence-corrected chi connectivity index (χ1v) is 8.21. The van der Waals surface area contributed by atoms with Gasteiger partial charge in [0, 0.05) is 25.1 Å². The van der Waals surface area contributed by atoms with E-state index >= 15 is 0 Å². The Balaban J connectivity index is 2.35. The van der Waals surface area contributed by atoms with Gasteiger partial charge in [-0.25, -0.2) is 4.79 Å². The summed E-state index contributed by atoms with van der Waals surface area (Å²) in [5, 5.41) is 5.48. The summed E-state index contributed by atoms with van der Waals surface area (Å²) in [6.45, 7) is 8.57. The fraction of sp³-hybridized carbons (Fsp3) is 0.500. The second kappa shape index (κ2) is 9.66. The van der Waals surface area contributed by atoms with Crippen molar-refractivity contribution < 1.29 is 23.9 Å². The highest BCUT2D eigenvalue weighted by Gasteiger charge is 2.15. The van der Waals surface area contributed by atoms with Crippen LogP contribution in [0.25, 0.3) is 0 Å². The molecule has 0 fully saturated rings. The van der Waals surface area contributed by atoms with Gasteiger partial charge in [-0.15, -0.1) is 0 Å². The van der Waals surface area contributed by atoms with Crippen LogP contribution in [0.1, 0.15) is 44.5 Å². The third-order valence-electron chi connectivity index (χ3n) is 3.00. The van der Waals surface area contributed by atoms with E-state index in [1.54, 1.807) is 19.1 Å². The Kier molecular flexibility index (Phi) is 7.91. The molecule has 2 amide bonds. The molecule has 7 nitrogen and oxygen atoms in total. The van der Waals surface area contributed by atoms with Gasteiger partial charge in [0.2, 0.25) is 5.91 Å². The van der Waals surface area contributed by atoms with Crippen LogP contribution in [-0.4, -0.2) is 37.7 Å². The van der Waals surface area contributed by atoms with Gasteiger partial charge in [-0.1, -0.05) is 20.8 Å². The molecule has 0 atom stereocenters. The van der Waals surface area contributed by atoms with E-state index in [9.17, 15) is 14.4 Å². The van der Waals surface area contributed by atoms with Crippen LogP contribution < -0.4 is 15.4 Å². The van der Waals surface area contributed by atoms with Gasteiger partial charge >= 0.3 is 6.16 Å². The average molecular weight is 350 g/mol. The fourth-order valence-corrected chi connectivity index (χ4v) is 1.94. The highest BCUT2D eigenvalue weighted by Crippen LogP contribution is 2.17. The van der Waals surface area contributed by atoms with Crippen molar-refractivity contribution in [1.29, 1.82) is 0 Å². The van der Waals surface area contributed by atoms with Crippen LogP contribution in [0.15, 0.2) is 24.3 Å². The number of hydrogen-bond acceptors (Lipinski definition) is 5. The lowest BCUT2D eigenvalue weighted by Gasteiger charge is -2.17. The largest absolute Gasteiger partial charge is 0.513 e. The predicted octanol–water partition coefficient (Wildman–Crippen LogP) is 2.50. The van der Waals surface area contributed by atoms with Crippen LogP contribution in [0.3, 0.4) is 0 Å². The summed E-state index contributed by atoms with van der Waals surface area (Å²) in [6, 6.07) is 6.11. The molecule has 7 heteroatoms. The van der Waals surface area contributed by atoms with Gasteiger partial charge in [-0.3, -0.25) is 9.59 Å².